The fourth-order valence-electron chi connectivity index (χ4n) is 2.71. The minimum absolute atomic E-state index is 0.0180. The lowest BCUT2D eigenvalue weighted by molar-refractivity contribution is -0.124. The van der Waals surface area contributed by atoms with E-state index >= 15 is 0 Å². The van der Waals surface area contributed by atoms with E-state index in [0.29, 0.717) is 6.54 Å². The summed E-state index contributed by atoms with van der Waals surface area (Å²) in [6.07, 6.45) is 1.07. The van der Waals surface area contributed by atoms with Crippen molar-refractivity contribution < 1.29 is 14.3 Å². The number of amides is 1. The van der Waals surface area contributed by atoms with Gasteiger partial charge in [-0.15, -0.1) is 0 Å². The van der Waals surface area contributed by atoms with Crippen molar-refractivity contribution in [1.29, 1.82) is 0 Å². The number of piperazine rings is 1. The van der Waals surface area contributed by atoms with Crippen LogP contribution in [0.2, 0.25) is 0 Å². The quantitative estimate of drug-likeness (QED) is 0.827. The molecule has 1 saturated heterocycles. The topological polar surface area (TPSA) is 59.6 Å². The summed E-state index contributed by atoms with van der Waals surface area (Å²) in [6, 6.07) is 3.55. The van der Waals surface area contributed by atoms with Gasteiger partial charge in [0.05, 0.1) is 7.11 Å². The van der Waals surface area contributed by atoms with Gasteiger partial charge < -0.3 is 20.1 Å². The Kier molecular flexibility index (Phi) is 3.06. The fourth-order valence-corrected chi connectivity index (χ4v) is 2.71. The van der Waals surface area contributed by atoms with E-state index in [9.17, 15) is 4.79 Å². The van der Waals surface area contributed by atoms with E-state index in [4.69, 9.17) is 9.47 Å². The molecule has 1 aromatic carbocycles. The third-order valence-corrected chi connectivity index (χ3v) is 3.59. The molecule has 0 radical (unpaired) electrons. The normalized spacial score (nSPS) is 25.5. The lowest BCUT2D eigenvalue weighted by Crippen LogP contribution is -2.47. The molecule has 102 valence electrons. The summed E-state index contributed by atoms with van der Waals surface area (Å²) in [5.74, 6) is 1.59. The number of hydrogen-bond acceptors (Lipinski definition) is 4. The van der Waals surface area contributed by atoms with Crippen LogP contribution in [-0.2, 0) is 11.2 Å². The summed E-state index contributed by atoms with van der Waals surface area (Å²) >= 11 is 0. The van der Waals surface area contributed by atoms with Crippen LogP contribution in [0.4, 0.5) is 0 Å². The zero-order valence-electron chi connectivity index (χ0n) is 11.2. The fraction of sp³-hybridized carbons (Fsp3) is 0.500. The van der Waals surface area contributed by atoms with Gasteiger partial charge in [0.15, 0.2) is 0 Å². The van der Waals surface area contributed by atoms with Gasteiger partial charge in [0.25, 0.3) is 0 Å². The van der Waals surface area contributed by atoms with Gasteiger partial charge in [-0.1, -0.05) is 0 Å². The molecule has 5 heteroatoms. The van der Waals surface area contributed by atoms with Crippen LogP contribution in [-0.4, -0.2) is 32.2 Å². The van der Waals surface area contributed by atoms with Crippen LogP contribution in [0.1, 0.15) is 24.1 Å². The van der Waals surface area contributed by atoms with E-state index in [0.717, 1.165) is 35.6 Å². The maximum atomic E-state index is 12.0. The average Bonchev–Trinajstić information content (AvgIpc) is 2.77. The highest BCUT2D eigenvalue weighted by Gasteiger charge is 2.29. The first-order chi connectivity index (χ1) is 9.19. The number of rotatable bonds is 2. The van der Waals surface area contributed by atoms with Crippen molar-refractivity contribution in [3.63, 3.8) is 0 Å². The van der Waals surface area contributed by atoms with Crippen LogP contribution < -0.4 is 20.1 Å². The SMILES string of the molecule is COc1cc2c(cc1C1NCCNC1=O)OC(C)C2. The molecule has 0 bridgehead atoms. The van der Waals surface area contributed by atoms with Crippen LogP contribution in [0.3, 0.4) is 0 Å². The maximum Gasteiger partial charge on any atom is 0.241 e. The lowest BCUT2D eigenvalue weighted by Gasteiger charge is -2.25. The zero-order valence-corrected chi connectivity index (χ0v) is 11.2. The third-order valence-electron chi connectivity index (χ3n) is 3.59. The van der Waals surface area contributed by atoms with Gasteiger partial charge in [-0.05, 0) is 19.1 Å². The van der Waals surface area contributed by atoms with Crippen LogP contribution in [0.25, 0.3) is 0 Å². The van der Waals surface area contributed by atoms with Crippen LogP contribution in [0.15, 0.2) is 12.1 Å². The summed E-state index contributed by atoms with van der Waals surface area (Å²) in [5, 5.41) is 6.08. The second kappa shape index (κ2) is 4.74. The number of carbonyl (C=O) groups excluding carboxylic acids is 1. The average molecular weight is 262 g/mol. The molecule has 1 amide bonds. The molecule has 3 rings (SSSR count). The molecule has 2 aliphatic rings. The summed E-state index contributed by atoms with van der Waals surface area (Å²) in [5.41, 5.74) is 1.98. The molecule has 0 spiro atoms. The van der Waals surface area contributed by atoms with Gasteiger partial charge in [0.2, 0.25) is 5.91 Å². The number of ether oxygens (including phenoxy) is 2. The molecule has 19 heavy (non-hydrogen) atoms. The van der Waals surface area contributed by atoms with Crippen molar-refractivity contribution in [2.75, 3.05) is 20.2 Å². The van der Waals surface area contributed by atoms with Crippen LogP contribution >= 0.6 is 0 Å². The van der Waals surface area contributed by atoms with Crippen molar-refractivity contribution in [3.8, 4) is 11.5 Å². The standard InChI is InChI=1S/C14H18N2O3/c1-8-5-9-6-12(18-2)10(7-11(9)19-8)13-14(17)16-4-3-15-13/h6-8,13,15H,3-5H2,1-2H3,(H,16,17). The highest BCUT2D eigenvalue weighted by Crippen LogP contribution is 2.37. The Morgan fingerprint density at radius 2 is 2.21 bits per heavy atom. The van der Waals surface area contributed by atoms with Crippen molar-refractivity contribution in [3.05, 3.63) is 23.3 Å². The second-order valence-corrected chi connectivity index (χ2v) is 5.01. The van der Waals surface area contributed by atoms with Crippen LogP contribution in [0, 0.1) is 0 Å². The summed E-state index contributed by atoms with van der Waals surface area (Å²) < 4.78 is 11.2. The van der Waals surface area contributed by atoms with Crippen molar-refractivity contribution >= 4 is 5.91 Å². The predicted octanol–water partition coefficient (Wildman–Crippen LogP) is 0.779. The lowest BCUT2D eigenvalue weighted by atomic mass is 9.99. The summed E-state index contributed by atoms with van der Waals surface area (Å²) in [6.45, 7) is 3.46. The van der Waals surface area contributed by atoms with Gasteiger partial charge in [-0.3, -0.25) is 4.79 Å². The summed E-state index contributed by atoms with van der Waals surface area (Å²) in [7, 11) is 1.63. The number of fused-ring (bicyclic) bond motifs is 1. The Labute approximate surface area is 112 Å². The molecule has 2 heterocycles. The molecule has 0 saturated carbocycles. The molecule has 1 aromatic rings. The molecular weight excluding hydrogens is 244 g/mol. The number of hydrogen-bond donors (Lipinski definition) is 2. The van der Waals surface area contributed by atoms with Gasteiger partial charge in [0.1, 0.15) is 23.6 Å². The Hall–Kier alpha value is -1.75. The van der Waals surface area contributed by atoms with E-state index in [-0.39, 0.29) is 18.1 Å². The molecular formula is C14H18N2O3. The first-order valence-electron chi connectivity index (χ1n) is 6.57. The predicted molar refractivity (Wildman–Crippen MR) is 70.5 cm³/mol. The van der Waals surface area contributed by atoms with Crippen molar-refractivity contribution in [2.45, 2.75) is 25.5 Å². The molecule has 2 N–H and O–H groups in total. The zero-order chi connectivity index (χ0) is 13.4. The van der Waals surface area contributed by atoms with Crippen LogP contribution in [0.5, 0.6) is 11.5 Å². The molecule has 1 fully saturated rings. The Balaban J connectivity index is 2.00. The largest absolute Gasteiger partial charge is 0.496 e. The van der Waals surface area contributed by atoms with Crippen molar-refractivity contribution in [1.82, 2.24) is 10.6 Å². The molecule has 0 aromatic heterocycles. The van der Waals surface area contributed by atoms with E-state index in [1.165, 1.54) is 0 Å². The third kappa shape index (κ3) is 2.14. The number of nitrogens with one attached hydrogen (secondary N) is 2. The Morgan fingerprint density at radius 3 is 2.95 bits per heavy atom. The molecule has 2 unspecified atom stereocenters. The van der Waals surface area contributed by atoms with Gasteiger partial charge >= 0.3 is 0 Å². The van der Waals surface area contributed by atoms with E-state index in [2.05, 4.69) is 10.6 Å². The Bertz CT molecular complexity index is 516. The number of methoxy groups -OCH3 is 1. The molecule has 0 aliphatic carbocycles. The van der Waals surface area contributed by atoms with Gasteiger partial charge in [-0.25, -0.2) is 0 Å². The second-order valence-electron chi connectivity index (χ2n) is 5.01. The maximum absolute atomic E-state index is 12.0. The van der Waals surface area contributed by atoms with E-state index in [1.54, 1.807) is 7.11 Å². The molecule has 2 atom stereocenters. The smallest absolute Gasteiger partial charge is 0.241 e. The summed E-state index contributed by atoms with van der Waals surface area (Å²) in [4.78, 5) is 12.0. The van der Waals surface area contributed by atoms with E-state index in [1.807, 2.05) is 19.1 Å². The van der Waals surface area contributed by atoms with E-state index < -0.39 is 0 Å². The molecule has 5 nitrogen and oxygen atoms in total. The van der Waals surface area contributed by atoms with Crippen molar-refractivity contribution in [2.24, 2.45) is 0 Å². The first kappa shape index (κ1) is 12.3. The highest BCUT2D eigenvalue weighted by atomic mass is 16.5. The number of benzene rings is 1. The minimum Gasteiger partial charge on any atom is -0.496 e. The monoisotopic (exact) mass is 262 g/mol. The first-order valence-corrected chi connectivity index (χ1v) is 6.57. The van der Waals surface area contributed by atoms with Gasteiger partial charge in [0, 0.05) is 30.6 Å². The molecule has 2 aliphatic heterocycles. The highest BCUT2D eigenvalue weighted by molar-refractivity contribution is 5.85. The van der Waals surface area contributed by atoms with Gasteiger partial charge in [-0.2, -0.15) is 0 Å². The Morgan fingerprint density at radius 1 is 1.37 bits per heavy atom. The number of carbonyl (C=O) groups is 1. The minimum atomic E-state index is -0.367.